The summed E-state index contributed by atoms with van der Waals surface area (Å²) >= 11 is 0. The van der Waals surface area contributed by atoms with E-state index in [0.717, 1.165) is 32.1 Å². The largest absolute Gasteiger partial charge is 0.482 e. The van der Waals surface area contributed by atoms with Crippen molar-refractivity contribution in [1.82, 2.24) is 9.80 Å². The lowest BCUT2D eigenvalue weighted by atomic mass is 9.92. The maximum Gasteiger partial charge on any atom is 0.344 e. The number of esters is 1. The van der Waals surface area contributed by atoms with Gasteiger partial charge in [-0.2, -0.15) is 0 Å². The van der Waals surface area contributed by atoms with Gasteiger partial charge in [0.2, 0.25) is 0 Å². The Morgan fingerprint density at radius 1 is 0.488 bits per heavy atom. The second-order valence-corrected chi connectivity index (χ2v) is 27.8. The summed E-state index contributed by atoms with van der Waals surface area (Å²) in [4.78, 5) is 75.9. The van der Waals surface area contributed by atoms with E-state index in [4.69, 9.17) is 47.1 Å². The van der Waals surface area contributed by atoms with E-state index in [1.165, 1.54) is 0 Å². The minimum Gasteiger partial charge on any atom is -0.482 e. The molecule has 0 aromatic heterocycles. The van der Waals surface area contributed by atoms with Crippen molar-refractivity contribution >= 4 is 37.9 Å². The Labute approximate surface area is 492 Å². The van der Waals surface area contributed by atoms with Gasteiger partial charge in [-0.25, -0.2) is 4.79 Å². The number of carbonyl (C=O) groups excluding carboxylic acids is 5. The standard InChI is InChI=1S/C66H76N2O15Si/c1-42-43(2)61(71)67(60(42)70)54-58(77-37-48-29-19-12-20-30-48)56(81-53(69)41-76-50-33-23-14-24-34-50)51(39-74-35-46-25-15-10-16-26-46)79-64(54)82-57-52(40-75-36-47-27-17-11-18-28-47)80-65(83-84(8,9)66(5,6)7)55(68-62(72)44(3)45(4)63(68)73)59(57)78-38-49-31-21-13-22-32-49/h10-34,51-52,54-59,64-65H,35-41H2,1-9H3/t51-,52-,54-,55-,56-,57-,58-,59-,64+,65+/m1/s1. The van der Waals surface area contributed by atoms with Gasteiger partial charge in [0, 0.05) is 22.3 Å². The highest BCUT2D eigenvalue weighted by Crippen LogP contribution is 2.44. The fourth-order valence-corrected chi connectivity index (χ4v) is 11.4. The Kier molecular flexibility index (Phi) is 20.1. The average Bonchev–Trinajstić information content (AvgIpc) is 2.37. The molecule has 17 nitrogen and oxygen atoms in total. The molecule has 0 bridgehead atoms. The number of amides is 4. The second-order valence-electron chi connectivity index (χ2n) is 23.1. The molecule has 10 atom stereocenters. The quantitative estimate of drug-likeness (QED) is 0.0323. The molecule has 444 valence electrons. The molecule has 4 aliphatic heterocycles. The van der Waals surface area contributed by atoms with Gasteiger partial charge in [0.25, 0.3) is 23.6 Å². The first-order valence-electron chi connectivity index (χ1n) is 28.5. The third-order valence-corrected chi connectivity index (χ3v) is 20.8. The number of hydrogen-bond donors (Lipinski definition) is 0. The fraction of sp³-hybridized carbons (Fsp3) is 0.409. The molecule has 0 unspecified atom stereocenters. The van der Waals surface area contributed by atoms with Crippen molar-refractivity contribution in [1.29, 1.82) is 0 Å². The van der Waals surface area contributed by atoms with E-state index in [1.807, 2.05) is 140 Å². The molecular weight excluding hydrogens is 1090 g/mol. The highest BCUT2D eigenvalue weighted by Gasteiger charge is 2.61. The Bertz CT molecular complexity index is 3090. The van der Waals surface area contributed by atoms with E-state index in [2.05, 4.69) is 20.8 Å². The van der Waals surface area contributed by atoms with Crippen LogP contribution in [-0.4, -0.2) is 129 Å². The van der Waals surface area contributed by atoms with Crippen LogP contribution in [-0.2, 0) is 92.7 Å². The topological polar surface area (TPSA) is 184 Å². The van der Waals surface area contributed by atoms with Gasteiger partial charge in [-0.1, -0.05) is 160 Å². The van der Waals surface area contributed by atoms with Gasteiger partial charge in [0.15, 0.2) is 33.6 Å². The maximum atomic E-state index is 14.9. The van der Waals surface area contributed by atoms with Crippen LogP contribution in [0.1, 0.15) is 70.7 Å². The third kappa shape index (κ3) is 14.2. The summed E-state index contributed by atoms with van der Waals surface area (Å²) in [5, 5.41) is -0.390. The lowest BCUT2D eigenvalue weighted by Gasteiger charge is -2.53. The lowest BCUT2D eigenvalue weighted by Crippen LogP contribution is -2.72. The van der Waals surface area contributed by atoms with Gasteiger partial charge in [-0.3, -0.25) is 29.0 Å². The first-order valence-corrected chi connectivity index (χ1v) is 31.4. The molecule has 18 heteroatoms. The number of rotatable bonds is 24. The van der Waals surface area contributed by atoms with Crippen LogP contribution in [0, 0.1) is 0 Å². The number of benzene rings is 5. The molecule has 9 rings (SSSR count). The summed E-state index contributed by atoms with van der Waals surface area (Å²) in [5.74, 6) is -2.84. The van der Waals surface area contributed by atoms with Crippen molar-refractivity contribution in [2.24, 2.45) is 0 Å². The predicted molar refractivity (Wildman–Crippen MR) is 313 cm³/mol. The summed E-state index contributed by atoms with van der Waals surface area (Å²) in [7, 11) is -2.87. The van der Waals surface area contributed by atoms with Crippen LogP contribution in [0.15, 0.2) is 174 Å². The first-order chi connectivity index (χ1) is 40.3. The molecule has 0 aliphatic carbocycles. The first kappa shape index (κ1) is 61.6. The second kappa shape index (κ2) is 27.4. The number of ether oxygens (including phenoxy) is 9. The van der Waals surface area contributed by atoms with Crippen molar-refractivity contribution in [2.45, 2.75) is 154 Å². The normalized spacial score (nSPS) is 25.0. The Morgan fingerprint density at radius 3 is 1.26 bits per heavy atom. The van der Waals surface area contributed by atoms with Crippen LogP contribution in [0.2, 0.25) is 18.1 Å². The van der Waals surface area contributed by atoms with Crippen LogP contribution >= 0.6 is 0 Å². The van der Waals surface area contributed by atoms with Crippen LogP contribution in [0.3, 0.4) is 0 Å². The molecule has 0 spiro atoms. The van der Waals surface area contributed by atoms with Crippen molar-refractivity contribution < 1.29 is 71.0 Å². The SMILES string of the molecule is CC1=C(C)C(=O)N([C@H]2[C@H](O[C@H]3[C@H](OCc4ccccc4)[C@@H](N4C(=O)C(C)=C(C)C4=O)[C@H](O[Si](C)(C)C(C)(C)C)O[C@@H]3COCc3ccccc3)O[C@H](COCc3ccccc3)[C@@H](OC(=O)COc3ccccc3)[C@@H]2OCc2ccccc2)C1=O. The van der Waals surface area contributed by atoms with E-state index in [1.54, 1.807) is 52.0 Å². The highest BCUT2D eigenvalue weighted by molar-refractivity contribution is 6.74. The van der Waals surface area contributed by atoms with Gasteiger partial charge in [-0.15, -0.1) is 0 Å². The Hall–Kier alpha value is -6.97. The van der Waals surface area contributed by atoms with E-state index in [0.29, 0.717) is 5.75 Å². The van der Waals surface area contributed by atoms with Crippen molar-refractivity contribution in [3.8, 4) is 5.75 Å². The zero-order chi connectivity index (χ0) is 59.7. The monoisotopic (exact) mass is 1160 g/mol. The maximum absolute atomic E-state index is 14.9. The van der Waals surface area contributed by atoms with Crippen LogP contribution in [0.5, 0.6) is 5.75 Å². The van der Waals surface area contributed by atoms with Gasteiger partial charge in [0.05, 0.1) is 39.6 Å². The predicted octanol–water partition coefficient (Wildman–Crippen LogP) is 9.59. The molecule has 0 saturated carbocycles. The van der Waals surface area contributed by atoms with Crippen LogP contribution in [0.25, 0.3) is 0 Å². The Balaban J connectivity index is 1.21. The molecular formula is C66H76N2O15Si. The van der Waals surface area contributed by atoms with Crippen molar-refractivity contribution in [2.75, 3.05) is 19.8 Å². The summed E-state index contributed by atoms with van der Waals surface area (Å²) < 4.78 is 68.6. The molecule has 5 aromatic carbocycles. The van der Waals surface area contributed by atoms with Crippen LogP contribution < -0.4 is 4.74 Å². The average molecular weight is 1170 g/mol. The molecule has 0 radical (unpaired) electrons. The molecule has 4 heterocycles. The summed E-state index contributed by atoms with van der Waals surface area (Å²) in [6, 6.07) is 43.6. The summed E-state index contributed by atoms with van der Waals surface area (Å²) in [5.41, 5.74) is 4.01. The number of carbonyl (C=O) groups is 5. The number of para-hydroxylation sites is 1. The zero-order valence-corrected chi connectivity index (χ0v) is 50.2. The van der Waals surface area contributed by atoms with E-state index in [-0.39, 0.29) is 67.0 Å². The molecule has 2 fully saturated rings. The molecule has 0 N–H and O–H groups in total. The molecule has 5 aromatic rings. The zero-order valence-electron chi connectivity index (χ0n) is 49.2. The van der Waals surface area contributed by atoms with Gasteiger partial charge in [0.1, 0.15) is 48.4 Å². The van der Waals surface area contributed by atoms with Crippen LogP contribution in [0.4, 0.5) is 0 Å². The smallest absolute Gasteiger partial charge is 0.344 e. The van der Waals surface area contributed by atoms with Gasteiger partial charge < -0.3 is 47.1 Å². The third-order valence-electron chi connectivity index (χ3n) is 16.3. The number of imide groups is 2. The minimum absolute atomic E-state index is 0.0456. The van der Waals surface area contributed by atoms with Gasteiger partial charge in [-0.05, 0) is 80.2 Å². The molecule has 84 heavy (non-hydrogen) atoms. The van der Waals surface area contributed by atoms with Crippen molar-refractivity contribution in [3.63, 3.8) is 0 Å². The minimum atomic E-state index is -2.87. The van der Waals surface area contributed by atoms with Crippen molar-refractivity contribution in [3.05, 3.63) is 196 Å². The summed E-state index contributed by atoms with van der Waals surface area (Å²) in [6.07, 6.45) is -10.8. The van der Waals surface area contributed by atoms with Gasteiger partial charge >= 0.3 is 5.97 Å². The molecule has 4 amide bonds. The van der Waals surface area contributed by atoms with E-state index in [9.17, 15) is 24.0 Å². The highest BCUT2D eigenvalue weighted by atomic mass is 28.4. The molecule has 2 saturated heterocycles. The van der Waals surface area contributed by atoms with E-state index < -0.39 is 106 Å². The van der Waals surface area contributed by atoms with E-state index >= 15 is 0 Å². The number of hydrogen-bond acceptors (Lipinski definition) is 15. The lowest BCUT2D eigenvalue weighted by molar-refractivity contribution is -0.345. The summed E-state index contributed by atoms with van der Waals surface area (Å²) in [6.45, 7) is 15.9. The Morgan fingerprint density at radius 2 is 0.845 bits per heavy atom. The molecule has 4 aliphatic rings. The number of nitrogens with zero attached hydrogens (tertiary/aromatic N) is 2. The fourth-order valence-electron chi connectivity index (χ4n) is 10.3.